The first-order valence-electron chi connectivity index (χ1n) is 7.61. The number of hydrogen-bond acceptors (Lipinski definition) is 5. The standard InChI is InChI=1S/C16H15FN6O3/c1-10-15(23(25)26)14(20-21(10)2)16(24)19-13-7-18-22(9-13)8-11-3-5-12(17)6-4-11/h3-7,9H,8H2,1-2H3,(H,19,24). The molecule has 0 fully saturated rings. The van der Waals surface area contributed by atoms with Gasteiger partial charge in [0.05, 0.1) is 23.4 Å². The minimum Gasteiger partial charge on any atom is -0.318 e. The first kappa shape index (κ1) is 17.3. The first-order valence-corrected chi connectivity index (χ1v) is 7.61. The highest BCUT2D eigenvalue weighted by molar-refractivity contribution is 6.05. The second kappa shape index (κ2) is 6.75. The summed E-state index contributed by atoms with van der Waals surface area (Å²) in [5, 5.41) is 21.7. The van der Waals surface area contributed by atoms with Crippen molar-refractivity contribution in [1.82, 2.24) is 19.6 Å². The fourth-order valence-corrected chi connectivity index (χ4v) is 2.45. The summed E-state index contributed by atoms with van der Waals surface area (Å²) in [6.07, 6.45) is 2.99. The van der Waals surface area contributed by atoms with Gasteiger partial charge in [-0.15, -0.1) is 0 Å². The van der Waals surface area contributed by atoms with E-state index in [1.807, 2.05) is 0 Å². The van der Waals surface area contributed by atoms with Crippen molar-refractivity contribution < 1.29 is 14.1 Å². The van der Waals surface area contributed by atoms with Crippen LogP contribution in [0.4, 0.5) is 15.8 Å². The molecule has 26 heavy (non-hydrogen) atoms. The van der Waals surface area contributed by atoms with Crippen LogP contribution in [0.2, 0.25) is 0 Å². The number of anilines is 1. The van der Waals surface area contributed by atoms with E-state index < -0.39 is 10.8 Å². The Kier molecular flexibility index (Phi) is 4.48. The van der Waals surface area contributed by atoms with E-state index >= 15 is 0 Å². The van der Waals surface area contributed by atoms with Crippen molar-refractivity contribution in [2.24, 2.45) is 7.05 Å². The number of halogens is 1. The van der Waals surface area contributed by atoms with Crippen molar-refractivity contribution in [2.75, 3.05) is 5.32 Å². The lowest BCUT2D eigenvalue weighted by molar-refractivity contribution is -0.385. The van der Waals surface area contributed by atoms with Gasteiger partial charge in [-0.2, -0.15) is 10.2 Å². The van der Waals surface area contributed by atoms with Gasteiger partial charge in [-0.05, 0) is 24.6 Å². The largest absolute Gasteiger partial charge is 0.322 e. The number of nitrogens with zero attached hydrogens (tertiary/aromatic N) is 5. The Balaban J connectivity index is 1.75. The van der Waals surface area contributed by atoms with Crippen LogP contribution in [0.25, 0.3) is 0 Å². The lowest BCUT2D eigenvalue weighted by Gasteiger charge is -2.02. The Morgan fingerprint density at radius 3 is 2.69 bits per heavy atom. The fourth-order valence-electron chi connectivity index (χ4n) is 2.45. The van der Waals surface area contributed by atoms with Crippen LogP contribution in [0.15, 0.2) is 36.7 Å². The molecule has 0 radical (unpaired) electrons. The number of nitrogens with one attached hydrogen (secondary N) is 1. The fraction of sp³-hybridized carbons (Fsp3) is 0.188. The second-order valence-electron chi connectivity index (χ2n) is 5.67. The van der Waals surface area contributed by atoms with E-state index in [2.05, 4.69) is 15.5 Å². The number of aromatic nitrogens is 4. The van der Waals surface area contributed by atoms with Crippen LogP contribution in [0.1, 0.15) is 21.7 Å². The lowest BCUT2D eigenvalue weighted by Crippen LogP contribution is -2.14. The highest BCUT2D eigenvalue weighted by atomic mass is 19.1. The van der Waals surface area contributed by atoms with Crippen molar-refractivity contribution in [3.8, 4) is 0 Å². The van der Waals surface area contributed by atoms with Crippen LogP contribution in [-0.2, 0) is 13.6 Å². The van der Waals surface area contributed by atoms with Crippen LogP contribution >= 0.6 is 0 Å². The van der Waals surface area contributed by atoms with Crippen molar-refractivity contribution in [1.29, 1.82) is 0 Å². The Labute approximate surface area is 147 Å². The molecular weight excluding hydrogens is 343 g/mol. The van der Waals surface area contributed by atoms with Gasteiger partial charge in [-0.1, -0.05) is 12.1 Å². The molecule has 1 aromatic carbocycles. The minimum absolute atomic E-state index is 0.263. The number of amides is 1. The zero-order chi connectivity index (χ0) is 18.8. The normalized spacial score (nSPS) is 10.7. The molecule has 0 saturated carbocycles. The van der Waals surface area contributed by atoms with E-state index in [1.54, 1.807) is 23.0 Å². The second-order valence-corrected chi connectivity index (χ2v) is 5.67. The number of hydrogen-bond donors (Lipinski definition) is 1. The molecule has 10 heteroatoms. The van der Waals surface area contributed by atoms with Crippen LogP contribution in [0, 0.1) is 22.9 Å². The Morgan fingerprint density at radius 2 is 2.04 bits per heavy atom. The van der Waals surface area contributed by atoms with Crippen molar-refractivity contribution in [2.45, 2.75) is 13.5 Å². The van der Waals surface area contributed by atoms with Gasteiger partial charge < -0.3 is 5.32 Å². The van der Waals surface area contributed by atoms with E-state index in [0.29, 0.717) is 12.2 Å². The maximum atomic E-state index is 12.9. The number of carbonyl (C=O) groups excluding carboxylic acids is 1. The molecular formula is C16H15FN6O3. The van der Waals surface area contributed by atoms with Gasteiger partial charge >= 0.3 is 5.69 Å². The van der Waals surface area contributed by atoms with Crippen molar-refractivity contribution >= 4 is 17.3 Å². The third-order valence-electron chi connectivity index (χ3n) is 3.85. The molecule has 2 heterocycles. The third-order valence-corrected chi connectivity index (χ3v) is 3.85. The van der Waals surface area contributed by atoms with E-state index in [-0.39, 0.29) is 22.9 Å². The number of nitro groups is 1. The van der Waals surface area contributed by atoms with E-state index in [9.17, 15) is 19.3 Å². The van der Waals surface area contributed by atoms with E-state index in [4.69, 9.17) is 0 Å². The quantitative estimate of drug-likeness (QED) is 0.556. The molecule has 1 amide bonds. The Bertz CT molecular complexity index is 977. The highest BCUT2D eigenvalue weighted by Crippen LogP contribution is 2.23. The molecule has 0 spiro atoms. The van der Waals surface area contributed by atoms with Gasteiger partial charge in [0.15, 0.2) is 0 Å². The molecule has 9 nitrogen and oxygen atoms in total. The first-order chi connectivity index (χ1) is 12.3. The Hall–Kier alpha value is -3.56. The molecule has 0 bridgehead atoms. The summed E-state index contributed by atoms with van der Waals surface area (Å²) in [7, 11) is 1.53. The summed E-state index contributed by atoms with van der Waals surface area (Å²) in [6.45, 7) is 1.90. The predicted molar refractivity (Wildman–Crippen MR) is 90.3 cm³/mol. The third kappa shape index (κ3) is 3.43. The SMILES string of the molecule is Cc1c([N+](=O)[O-])c(C(=O)Nc2cnn(Cc3ccc(F)cc3)c2)nn1C. The molecule has 3 aromatic rings. The number of benzene rings is 1. The maximum absolute atomic E-state index is 12.9. The molecule has 0 saturated heterocycles. The molecule has 134 valence electrons. The zero-order valence-corrected chi connectivity index (χ0v) is 14.0. The molecule has 0 atom stereocenters. The van der Waals surface area contributed by atoms with Gasteiger partial charge in [-0.25, -0.2) is 4.39 Å². The van der Waals surface area contributed by atoms with Gasteiger partial charge in [0.25, 0.3) is 5.91 Å². The maximum Gasteiger partial charge on any atom is 0.322 e. The molecule has 1 N–H and O–H groups in total. The predicted octanol–water partition coefficient (Wildman–Crippen LogP) is 2.27. The number of aryl methyl sites for hydroxylation is 1. The minimum atomic E-state index is -0.693. The van der Waals surface area contributed by atoms with Crippen LogP contribution in [0.5, 0.6) is 0 Å². The summed E-state index contributed by atoms with van der Waals surface area (Å²) in [4.78, 5) is 22.9. The molecule has 0 aliphatic rings. The molecule has 3 rings (SSSR count). The average Bonchev–Trinajstić information content (AvgIpc) is 3.14. The summed E-state index contributed by atoms with van der Waals surface area (Å²) in [5.74, 6) is -1.02. The summed E-state index contributed by atoms with van der Waals surface area (Å²) < 4.78 is 15.8. The van der Waals surface area contributed by atoms with Crippen molar-refractivity contribution in [3.05, 3.63) is 69.5 Å². The zero-order valence-electron chi connectivity index (χ0n) is 14.0. The molecule has 0 unspecified atom stereocenters. The highest BCUT2D eigenvalue weighted by Gasteiger charge is 2.29. The van der Waals surface area contributed by atoms with Gasteiger partial charge in [0.1, 0.15) is 11.5 Å². The van der Waals surface area contributed by atoms with Gasteiger partial charge in [0.2, 0.25) is 5.69 Å². The summed E-state index contributed by atoms with van der Waals surface area (Å²) in [6, 6.07) is 5.97. The number of carbonyl (C=O) groups is 1. The topological polar surface area (TPSA) is 108 Å². The van der Waals surface area contributed by atoms with Crippen molar-refractivity contribution in [3.63, 3.8) is 0 Å². The smallest absolute Gasteiger partial charge is 0.318 e. The molecule has 0 aliphatic heterocycles. The number of rotatable bonds is 5. The monoisotopic (exact) mass is 358 g/mol. The van der Waals surface area contributed by atoms with Crippen LogP contribution in [-0.4, -0.2) is 30.4 Å². The molecule has 0 aliphatic carbocycles. The van der Waals surface area contributed by atoms with E-state index in [0.717, 1.165) is 5.56 Å². The average molecular weight is 358 g/mol. The molecule has 2 aromatic heterocycles. The Morgan fingerprint density at radius 1 is 1.35 bits per heavy atom. The van der Waals surface area contributed by atoms with Crippen LogP contribution in [0.3, 0.4) is 0 Å². The van der Waals surface area contributed by atoms with Gasteiger partial charge in [-0.3, -0.25) is 24.3 Å². The summed E-state index contributed by atoms with van der Waals surface area (Å²) in [5.41, 5.74) is 0.898. The van der Waals surface area contributed by atoms with Gasteiger partial charge in [0, 0.05) is 13.2 Å². The summed E-state index contributed by atoms with van der Waals surface area (Å²) >= 11 is 0. The van der Waals surface area contributed by atoms with E-state index in [1.165, 1.54) is 37.0 Å². The lowest BCUT2D eigenvalue weighted by atomic mass is 10.2. The van der Waals surface area contributed by atoms with Crippen LogP contribution < -0.4 is 5.32 Å².